The minimum absolute atomic E-state index is 0.0410. The number of rotatable bonds is 4. The Morgan fingerprint density at radius 2 is 1.96 bits per heavy atom. The van der Waals surface area contributed by atoms with E-state index in [-0.39, 0.29) is 11.5 Å². The Balaban J connectivity index is 1.86. The van der Waals surface area contributed by atoms with Gasteiger partial charge in [0.15, 0.2) is 0 Å². The zero-order valence-corrected chi connectivity index (χ0v) is 14.0. The van der Waals surface area contributed by atoms with E-state index in [4.69, 9.17) is 4.74 Å². The lowest BCUT2D eigenvalue weighted by Gasteiger charge is -2.42. The predicted molar refractivity (Wildman–Crippen MR) is 91.4 cm³/mol. The van der Waals surface area contributed by atoms with Crippen LogP contribution in [0.1, 0.15) is 43.5 Å². The highest BCUT2D eigenvalue weighted by Gasteiger charge is 2.35. The molecule has 1 heterocycles. The molecule has 0 saturated heterocycles. The Morgan fingerprint density at radius 1 is 1.22 bits per heavy atom. The van der Waals surface area contributed by atoms with Gasteiger partial charge in [-0.2, -0.15) is 0 Å². The van der Waals surface area contributed by atoms with Crippen molar-refractivity contribution < 1.29 is 9.53 Å². The number of ether oxygens (including phenoxy) is 1. The molecule has 1 amide bonds. The SMILES string of the molecule is CC1c2cc(OCc3ccccc3)ccc2C(C)(C)CN1C=O. The van der Waals surface area contributed by atoms with Gasteiger partial charge < -0.3 is 9.64 Å². The molecular weight excluding hydrogens is 286 g/mol. The highest BCUT2D eigenvalue weighted by Crippen LogP contribution is 2.40. The standard InChI is InChI=1S/C20H23NO2/c1-15-18-11-17(23-12-16-7-5-4-6-8-16)9-10-19(18)20(2,3)13-21(15)14-22/h4-11,14-15H,12-13H2,1-3H3. The van der Waals surface area contributed by atoms with Gasteiger partial charge in [0, 0.05) is 12.0 Å². The van der Waals surface area contributed by atoms with Crippen LogP contribution in [0.3, 0.4) is 0 Å². The van der Waals surface area contributed by atoms with E-state index in [1.165, 1.54) is 11.1 Å². The number of amides is 1. The summed E-state index contributed by atoms with van der Waals surface area (Å²) in [6.45, 7) is 7.73. The van der Waals surface area contributed by atoms with Gasteiger partial charge >= 0.3 is 0 Å². The zero-order chi connectivity index (χ0) is 16.4. The quantitative estimate of drug-likeness (QED) is 0.797. The molecule has 0 aliphatic carbocycles. The third kappa shape index (κ3) is 3.09. The van der Waals surface area contributed by atoms with Crippen LogP contribution < -0.4 is 4.74 Å². The molecule has 0 fully saturated rings. The van der Waals surface area contributed by atoms with E-state index in [1.807, 2.05) is 29.2 Å². The van der Waals surface area contributed by atoms with Crippen molar-refractivity contribution in [1.82, 2.24) is 4.90 Å². The molecule has 2 aromatic rings. The Morgan fingerprint density at radius 3 is 2.65 bits per heavy atom. The molecule has 2 aromatic carbocycles. The minimum Gasteiger partial charge on any atom is -0.489 e. The van der Waals surface area contributed by atoms with Gasteiger partial charge in [0.25, 0.3) is 0 Å². The average Bonchev–Trinajstić information content (AvgIpc) is 2.57. The maximum absolute atomic E-state index is 11.4. The smallest absolute Gasteiger partial charge is 0.210 e. The first-order valence-corrected chi connectivity index (χ1v) is 8.03. The summed E-state index contributed by atoms with van der Waals surface area (Å²) in [5.41, 5.74) is 3.59. The molecule has 3 nitrogen and oxygen atoms in total. The van der Waals surface area contributed by atoms with Gasteiger partial charge in [-0.05, 0) is 35.7 Å². The summed E-state index contributed by atoms with van der Waals surface area (Å²) in [6.07, 6.45) is 0.951. The second-order valence-corrected chi connectivity index (χ2v) is 6.86. The van der Waals surface area contributed by atoms with Gasteiger partial charge in [0.05, 0.1) is 6.04 Å². The number of carbonyl (C=O) groups excluding carboxylic acids is 1. The van der Waals surface area contributed by atoms with Crippen LogP contribution in [0.15, 0.2) is 48.5 Å². The molecule has 3 rings (SSSR count). The van der Waals surface area contributed by atoms with E-state index < -0.39 is 0 Å². The monoisotopic (exact) mass is 309 g/mol. The summed E-state index contributed by atoms with van der Waals surface area (Å²) in [6, 6.07) is 16.5. The van der Waals surface area contributed by atoms with Crippen molar-refractivity contribution in [2.24, 2.45) is 0 Å². The summed E-state index contributed by atoms with van der Waals surface area (Å²) in [4.78, 5) is 13.2. The first kappa shape index (κ1) is 15.6. The molecule has 0 radical (unpaired) electrons. The first-order chi connectivity index (χ1) is 11.0. The summed E-state index contributed by atoms with van der Waals surface area (Å²) in [7, 11) is 0. The lowest BCUT2D eigenvalue weighted by molar-refractivity contribution is -0.121. The number of benzene rings is 2. The summed E-state index contributed by atoms with van der Waals surface area (Å²) >= 11 is 0. The molecule has 0 N–H and O–H groups in total. The molecule has 1 aliphatic rings. The Labute approximate surface area is 137 Å². The van der Waals surface area contributed by atoms with Gasteiger partial charge in [0.2, 0.25) is 6.41 Å². The van der Waals surface area contributed by atoms with Gasteiger partial charge in [-0.25, -0.2) is 0 Å². The highest BCUT2D eigenvalue weighted by atomic mass is 16.5. The number of carbonyl (C=O) groups is 1. The van der Waals surface area contributed by atoms with E-state index in [9.17, 15) is 4.79 Å². The zero-order valence-electron chi connectivity index (χ0n) is 14.0. The molecule has 3 heteroatoms. The fourth-order valence-corrected chi connectivity index (χ4v) is 3.32. The van der Waals surface area contributed by atoms with E-state index in [0.717, 1.165) is 24.3 Å². The predicted octanol–water partition coefficient (Wildman–Crippen LogP) is 4.08. The normalized spacial score (nSPS) is 19.1. The lowest BCUT2D eigenvalue weighted by Crippen LogP contribution is -2.43. The largest absolute Gasteiger partial charge is 0.489 e. The molecule has 0 spiro atoms. The fraction of sp³-hybridized carbons (Fsp3) is 0.350. The first-order valence-electron chi connectivity index (χ1n) is 8.03. The third-order valence-electron chi connectivity index (χ3n) is 4.66. The molecule has 120 valence electrons. The van der Waals surface area contributed by atoms with Crippen molar-refractivity contribution >= 4 is 6.41 Å². The molecule has 1 aliphatic heterocycles. The van der Waals surface area contributed by atoms with Gasteiger partial charge in [-0.15, -0.1) is 0 Å². The van der Waals surface area contributed by atoms with Gasteiger partial charge in [-0.3, -0.25) is 4.79 Å². The molecule has 1 atom stereocenters. The van der Waals surface area contributed by atoms with Gasteiger partial charge in [-0.1, -0.05) is 50.2 Å². The Hall–Kier alpha value is -2.29. The fourth-order valence-electron chi connectivity index (χ4n) is 3.32. The summed E-state index contributed by atoms with van der Waals surface area (Å²) < 4.78 is 5.94. The molecular formula is C20H23NO2. The van der Waals surface area contributed by atoms with Crippen LogP contribution in [-0.4, -0.2) is 17.9 Å². The summed E-state index contributed by atoms with van der Waals surface area (Å²) in [5.74, 6) is 0.850. The van der Waals surface area contributed by atoms with E-state index in [0.29, 0.717) is 6.61 Å². The maximum Gasteiger partial charge on any atom is 0.210 e. The lowest BCUT2D eigenvalue weighted by atomic mass is 9.76. The highest BCUT2D eigenvalue weighted by molar-refractivity contribution is 5.54. The molecule has 0 saturated carbocycles. The van der Waals surface area contributed by atoms with Crippen LogP contribution in [0.5, 0.6) is 5.75 Å². The number of fused-ring (bicyclic) bond motifs is 1. The van der Waals surface area contributed by atoms with E-state index in [2.05, 4.69) is 45.0 Å². The number of hydrogen-bond acceptors (Lipinski definition) is 2. The molecule has 0 aromatic heterocycles. The van der Waals surface area contributed by atoms with Crippen LogP contribution in [0.4, 0.5) is 0 Å². The third-order valence-corrected chi connectivity index (χ3v) is 4.66. The van der Waals surface area contributed by atoms with Crippen molar-refractivity contribution in [3.8, 4) is 5.75 Å². The topological polar surface area (TPSA) is 29.5 Å². The van der Waals surface area contributed by atoms with Gasteiger partial charge in [0.1, 0.15) is 12.4 Å². The van der Waals surface area contributed by atoms with E-state index >= 15 is 0 Å². The Kier molecular flexibility index (Phi) is 4.12. The number of hydrogen-bond donors (Lipinski definition) is 0. The van der Waals surface area contributed by atoms with Crippen molar-refractivity contribution in [2.45, 2.75) is 38.8 Å². The Bertz CT molecular complexity index is 694. The van der Waals surface area contributed by atoms with E-state index in [1.54, 1.807) is 0 Å². The van der Waals surface area contributed by atoms with Crippen molar-refractivity contribution in [1.29, 1.82) is 0 Å². The van der Waals surface area contributed by atoms with Crippen LogP contribution in [0.25, 0.3) is 0 Å². The van der Waals surface area contributed by atoms with Crippen LogP contribution in [0, 0.1) is 0 Å². The molecule has 0 bridgehead atoms. The summed E-state index contributed by atoms with van der Waals surface area (Å²) in [5, 5.41) is 0. The molecule has 1 unspecified atom stereocenters. The van der Waals surface area contributed by atoms with Crippen LogP contribution in [0.2, 0.25) is 0 Å². The second-order valence-electron chi connectivity index (χ2n) is 6.86. The average molecular weight is 309 g/mol. The minimum atomic E-state index is -0.0410. The number of nitrogens with zero attached hydrogens (tertiary/aromatic N) is 1. The van der Waals surface area contributed by atoms with Crippen LogP contribution >= 0.6 is 0 Å². The van der Waals surface area contributed by atoms with Crippen LogP contribution in [-0.2, 0) is 16.8 Å². The van der Waals surface area contributed by atoms with Crippen molar-refractivity contribution in [3.05, 3.63) is 65.2 Å². The van der Waals surface area contributed by atoms with Crippen molar-refractivity contribution in [3.63, 3.8) is 0 Å². The van der Waals surface area contributed by atoms with Crippen molar-refractivity contribution in [2.75, 3.05) is 6.54 Å². The molecule has 23 heavy (non-hydrogen) atoms. The maximum atomic E-state index is 11.4. The second kappa shape index (κ2) is 6.07.